The molecule has 0 atom stereocenters. The predicted octanol–water partition coefficient (Wildman–Crippen LogP) is 6.66. The summed E-state index contributed by atoms with van der Waals surface area (Å²) in [6, 6.07) is 30.5. The minimum atomic E-state index is 1.27. The molecular formula is C24H16. The number of hydrogen-bond acceptors (Lipinski definition) is 0. The Hall–Kier alpha value is -3.12. The van der Waals surface area contributed by atoms with Gasteiger partial charge < -0.3 is 0 Å². The van der Waals surface area contributed by atoms with Crippen LogP contribution in [0.2, 0.25) is 0 Å². The van der Waals surface area contributed by atoms with E-state index in [1.54, 1.807) is 0 Å². The molecule has 0 unspecified atom stereocenters. The fraction of sp³-hybridized carbons (Fsp3) is 0. The van der Waals surface area contributed by atoms with Gasteiger partial charge in [0.2, 0.25) is 0 Å². The van der Waals surface area contributed by atoms with Crippen molar-refractivity contribution in [3.8, 4) is 22.3 Å². The lowest BCUT2D eigenvalue weighted by atomic mass is 9.86. The first-order chi connectivity index (χ1) is 11.9. The Labute approximate surface area is 141 Å². The van der Waals surface area contributed by atoms with Crippen LogP contribution < -0.4 is 0 Å². The van der Waals surface area contributed by atoms with E-state index in [1.165, 1.54) is 44.2 Å². The maximum absolute atomic E-state index is 2.32. The van der Waals surface area contributed by atoms with Gasteiger partial charge in [-0.2, -0.15) is 0 Å². The van der Waals surface area contributed by atoms with Gasteiger partial charge >= 0.3 is 0 Å². The van der Waals surface area contributed by atoms with Gasteiger partial charge in [0.05, 0.1) is 0 Å². The van der Waals surface area contributed by atoms with Gasteiger partial charge in [0.15, 0.2) is 0 Å². The Morgan fingerprint density at radius 1 is 0.375 bits per heavy atom. The third kappa shape index (κ3) is 2.00. The van der Waals surface area contributed by atoms with Crippen LogP contribution in [0.1, 0.15) is 11.1 Å². The number of rotatable bonds is 0. The summed E-state index contributed by atoms with van der Waals surface area (Å²) in [5.74, 6) is 0. The quantitative estimate of drug-likeness (QED) is 0.300. The zero-order valence-electron chi connectivity index (χ0n) is 13.2. The van der Waals surface area contributed by atoms with E-state index >= 15 is 0 Å². The number of benzene rings is 4. The van der Waals surface area contributed by atoms with Crippen molar-refractivity contribution < 1.29 is 0 Å². The predicted molar refractivity (Wildman–Crippen MR) is 104 cm³/mol. The molecule has 24 heavy (non-hydrogen) atoms. The molecule has 0 heterocycles. The molecule has 0 spiro atoms. The van der Waals surface area contributed by atoms with Crippen molar-refractivity contribution >= 4 is 22.9 Å². The molecule has 0 nitrogen and oxygen atoms in total. The summed E-state index contributed by atoms with van der Waals surface area (Å²) in [4.78, 5) is 0. The minimum Gasteiger partial charge on any atom is -0.0616 e. The molecule has 0 aromatic heterocycles. The van der Waals surface area contributed by atoms with Gasteiger partial charge in [-0.25, -0.2) is 0 Å². The highest BCUT2D eigenvalue weighted by atomic mass is 14.2. The van der Waals surface area contributed by atoms with Crippen LogP contribution in [0.3, 0.4) is 0 Å². The second-order valence-electron chi connectivity index (χ2n) is 6.25. The van der Waals surface area contributed by atoms with Gasteiger partial charge in [-0.15, -0.1) is 0 Å². The van der Waals surface area contributed by atoms with Gasteiger partial charge in [0, 0.05) is 0 Å². The molecule has 0 radical (unpaired) electrons. The molecule has 4 aromatic carbocycles. The normalized spacial score (nSPS) is 13.3. The van der Waals surface area contributed by atoms with Crippen LogP contribution >= 0.6 is 0 Å². The summed E-state index contributed by atoms with van der Waals surface area (Å²) in [5.41, 5.74) is 7.74. The molecule has 1 aliphatic carbocycles. The van der Waals surface area contributed by atoms with Gasteiger partial charge in [-0.3, -0.25) is 0 Å². The number of hydrogen-bond donors (Lipinski definition) is 0. The van der Waals surface area contributed by atoms with Gasteiger partial charge in [0.1, 0.15) is 0 Å². The molecule has 0 aliphatic heterocycles. The highest BCUT2D eigenvalue weighted by Crippen LogP contribution is 2.40. The topological polar surface area (TPSA) is 0 Å². The van der Waals surface area contributed by atoms with E-state index in [0.717, 1.165) is 0 Å². The summed E-state index contributed by atoms with van der Waals surface area (Å²) in [7, 11) is 0. The van der Waals surface area contributed by atoms with Gasteiger partial charge in [-0.1, -0.05) is 84.9 Å². The summed E-state index contributed by atoms with van der Waals surface area (Å²) < 4.78 is 0. The van der Waals surface area contributed by atoms with Crippen LogP contribution in [-0.2, 0) is 0 Å². The summed E-state index contributed by atoms with van der Waals surface area (Å²) in [6.07, 6.45) is 4.48. The Bertz CT molecular complexity index is 1100. The van der Waals surface area contributed by atoms with Crippen molar-refractivity contribution in [3.05, 3.63) is 96.1 Å². The third-order valence-corrected chi connectivity index (χ3v) is 4.83. The van der Waals surface area contributed by atoms with E-state index < -0.39 is 0 Å². The molecule has 5 rings (SSSR count). The molecule has 0 N–H and O–H groups in total. The van der Waals surface area contributed by atoms with Gasteiger partial charge in [-0.05, 0) is 56.3 Å². The second-order valence-corrected chi connectivity index (χ2v) is 6.25. The van der Waals surface area contributed by atoms with Crippen molar-refractivity contribution in [1.82, 2.24) is 0 Å². The first kappa shape index (κ1) is 13.3. The number of fused-ring (bicyclic) bond motifs is 6. The lowest BCUT2D eigenvalue weighted by Crippen LogP contribution is -1.93. The Morgan fingerprint density at radius 3 is 1.71 bits per heavy atom. The summed E-state index contributed by atoms with van der Waals surface area (Å²) in [5, 5.41) is 2.57. The van der Waals surface area contributed by atoms with Crippen LogP contribution in [0.15, 0.2) is 84.9 Å². The fourth-order valence-corrected chi connectivity index (χ4v) is 3.65. The first-order valence-corrected chi connectivity index (χ1v) is 8.30. The molecule has 0 heteroatoms. The summed E-state index contributed by atoms with van der Waals surface area (Å²) in [6.45, 7) is 0. The fourth-order valence-electron chi connectivity index (χ4n) is 3.65. The van der Waals surface area contributed by atoms with E-state index in [9.17, 15) is 0 Å². The third-order valence-electron chi connectivity index (χ3n) is 4.83. The highest BCUT2D eigenvalue weighted by Gasteiger charge is 2.14. The summed E-state index contributed by atoms with van der Waals surface area (Å²) >= 11 is 0. The molecule has 1 aliphatic rings. The minimum absolute atomic E-state index is 1.27. The first-order valence-electron chi connectivity index (χ1n) is 8.30. The molecular weight excluding hydrogens is 288 g/mol. The zero-order valence-corrected chi connectivity index (χ0v) is 13.2. The lowest BCUT2D eigenvalue weighted by Gasteiger charge is -2.18. The van der Waals surface area contributed by atoms with Crippen LogP contribution in [-0.4, -0.2) is 0 Å². The van der Waals surface area contributed by atoms with Crippen molar-refractivity contribution in [2.75, 3.05) is 0 Å². The van der Waals surface area contributed by atoms with E-state index in [2.05, 4.69) is 97.1 Å². The molecule has 0 amide bonds. The van der Waals surface area contributed by atoms with Crippen molar-refractivity contribution in [2.45, 2.75) is 0 Å². The van der Waals surface area contributed by atoms with Crippen molar-refractivity contribution in [1.29, 1.82) is 0 Å². The molecule has 0 saturated carbocycles. The zero-order chi connectivity index (χ0) is 15.9. The Morgan fingerprint density at radius 2 is 0.917 bits per heavy atom. The van der Waals surface area contributed by atoms with Crippen molar-refractivity contribution in [3.63, 3.8) is 0 Å². The van der Waals surface area contributed by atoms with E-state index in [4.69, 9.17) is 0 Å². The van der Waals surface area contributed by atoms with Crippen LogP contribution in [0.4, 0.5) is 0 Å². The standard InChI is InChI=1S/C24H16/c1-2-9-19-16-24-20(15-18(19)8-1)14-13-17-7-3-4-10-21(17)22-11-5-6-12-23(22)24/h1-16H/b14-13-,17-13?,20-14?,22-21?,24-23?. The maximum Gasteiger partial charge on any atom is -0.00988 e. The van der Waals surface area contributed by atoms with Crippen LogP contribution in [0.5, 0.6) is 0 Å². The van der Waals surface area contributed by atoms with E-state index in [0.29, 0.717) is 0 Å². The molecule has 0 bridgehead atoms. The van der Waals surface area contributed by atoms with Crippen LogP contribution in [0, 0.1) is 0 Å². The van der Waals surface area contributed by atoms with E-state index in [-0.39, 0.29) is 0 Å². The Balaban J connectivity index is 1.91. The molecule has 112 valence electrons. The largest absolute Gasteiger partial charge is 0.0616 e. The lowest BCUT2D eigenvalue weighted by molar-refractivity contribution is 1.55. The van der Waals surface area contributed by atoms with Crippen molar-refractivity contribution in [2.24, 2.45) is 0 Å². The maximum atomic E-state index is 2.32. The monoisotopic (exact) mass is 304 g/mol. The average Bonchev–Trinajstić information content (AvgIpc) is 2.64. The van der Waals surface area contributed by atoms with Crippen LogP contribution in [0.25, 0.3) is 45.2 Å². The molecule has 0 saturated heterocycles. The highest BCUT2D eigenvalue weighted by molar-refractivity contribution is 6.00. The van der Waals surface area contributed by atoms with Gasteiger partial charge in [0.25, 0.3) is 0 Å². The second kappa shape index (κ2) is 5.21. The average molecular weight is 304 g/mol. The SMILES string of the molecule is C1=C\c2cc3ccccc3cc2-c2ccccc2-c2ccccc2/1. The molecule has 0 fully saturated rings. The Kier molecular flexibility index (Phi) is 2.89. The molecule has 4 aromatic rings. The van der Waals surface area contributed by atoms with E-state index in [1.807, 2.05) is 0 Å². The smallest absolute Gasteiger partial charge is 0.00988 e.